The Bertz CT molecular complexity index is 333. The summed E-state index contributed by atoms with van der Waals surface area (Å²) in [6.45, 7) is 7.11. The van der Waals surface area contributed by atoms with Crippen LogP contribution in [0.25, 0.3) is 0 Å². The van der Waals surface area contributed by atoms with Gasteiger partial charge in [-0.2, -0.15) is 5.10 Å². The summed E-state index contributed by atoms with van der Waals surface area (Å²) in [5, 5.41) is 4.30. The Hall–Kier alpha value is -1.43. The molecule has 3 heteroatoms. The molecular formula is C10H14N2O. The van der Waals surface area contributed by atoms with Gasteiger partial charge in [0.05, 0.1) is 5.69 Å². The standard InChI is InChI=1S/C10H14N2O/c1-5-7-13-10-8(3)11-12(6-2)9(10)4/h1H,6-7H2,2-4H3. The van der Waals surface area contributed by atoms with E-state index in [1.807, 2.05) is 25.5 Å². The summed E-state index contributed by atoms with van der Waals surface area (Å²) in [5.41, 5.74) is 1.94. The van der Waals surface area contributed by atoms with E-state index in [1.165, 1.54) is 0 Å². The van der Waals surface area contributed by atoms with Crippen molar-refractivity contribution in [1.29, 1.82) is 0 Å². The van der Waals surface area contributed by atoms with Crippen LogP contribution in [0.5, 0.6) is 5.75 Å². The molecule has 0 amide bonds. The molecule has 0 atom stereocenters. The van der Waals surface area contributed by atoms with E-state index in [1.54, 1.807) is 0 Å². The van der Waals surface area contributed by atoms with Gasteiger partial charge in [0.15, 0.2) is 5.75 Å². The molecule has 70 valence electrons. The summed E-state index contributed by atoms with van der Waals surface area (Å²) in [6, 6.07) is 0. The van der Waals surface area contributed by atoms with Gasteiger partial charge in [0.2, 0.25) is 0 Å². The van der Waals surface area contributed by atoms with E-state index in [4.69, 9.17) is 11.2 Å². The third kappa shape index (κ3) is 1.83. The summed E-state index contributed by atoms with van der Waals surface area (Å²) in [5.74, 6) is 3.26. The van der Waals surface area contributed by atoms with Gasteiger partial charge in [0.25, 0.3) is 0 Å². The first-order valence-corrected chi connectivity index (χ1v) is 4.31. The molecule has 0 unspecified atom stereocenters. The molecule has 1 aromatic rings. The molecule has 13 heavy (non-hydrogen) atoms. The zero-order valence-electron chi connectivity index (χ0n) is 8.29. The zero-order valence-corrected chi connectivity index (χ0v) is 8.29. The van der Waals surface area contributed by atoms with Crippen molar-refractivity contribution in [3.63, 3.8) is 0 Å². The van der Waals surface area contributed by atoms with E-state index in [9.17, 15) is 0 Å². The molecule has 1 rings (SSSR count). The van der Waals surface area contributed by atoms with Crippen molar-refractivity contribution < 1.29 is 4.74 Å². The molecule has 0 aliphatic carbocycles. The summed E-state index contributed by atoms with van der Waals surface area (Å²) < 4.78 is 7.28. The van der Waals surface area contributed by atoms with Crippen LogP contribution in [-0.4, -0.2) is 16.4 Å². The zero-order chi connectivity index (χ0) is 9.84. The van der Waals surface area contributed by atoms with Gasteiger partial charge in [-0.1, -0.05) is 5.92 Å². The lowest BCUT2D eigenvalue weighted by atomic mass is 10.3. The Morgan fingerprint density at radius 1 is 1.54 bits per heavy atom. The van der Waals surface area contributed by atoms with Crippen molar-refractivity contribution in [3.05, 3.63) is 11.4 Å². The van der Waals surface area contributed by atoms with Crippen LogP contribution >= 0.6 is 0 Å². The highest BCUT2D eigenvalue weighted by Crippen LogP contribution is 2.21. The lowest BCUT2D eigenvalue weighted by Gasteiger charge is -2.02. The third-order valence-corrected chi connectivity index (χ3v) is 1.91. The monoisotopic (exact) mass is 178 g/mol. The van der Waals surface area contributed by atoms with Crippen LogP contribution in [0.3, 0.4) is 0 Å². The van der Waals surface area contributed by atoms with Gasteiger partial charge < -0.3 is 4.74 Å². The van der Waals surface area contributed by atoms with Crippen molar-refractivity contribution in [2.45, 2.75) is 27.3 Å². The topological polar surface area (TPSA) is 27.1 Å². The molecule has 0 aliphatic rings. The van der Waals surface area contributed by atoms with Gasteiger partial charge >= 0.3 is 0 Å². The number of ether oxygens (including phenoxy) is 1. The van der Waals surface area contributed by atoms with Crippen LogP contribution in [0, 0.1) is 26.2 Å². The van der Waals surface area contributed by atoms with E-state index < -0.39 is 0 Å². The normalized spacial score (nSPS) is 9.69. The predicted octanol–water partition coefficient (Wildman–Crippen LogP) is 1.53. The first-order valence-electron chi connectivity index (χ1n) is 4.31. The second-order valence-electron chi connectivity index (χ2n) is 2.81. The highest BCUT2D eigenvalue weighted by molar-refractivity contribution is 5.32. The SMILES string of the molecule is C#CCOc1c(C)nn(CC)c1C. The molecule has 0 N–H and O–H groups in total. The Morgan fingerprint density at radius 2 is 2.23 bits per heavy atom. The van der Waals surface area contributed by atoms with Crippen LogP contribution in [0.1, 0.15) is 18.3 Å². The molecule has 0 aromatic carbocycles. The Morgan fingerprint density at radius 3 is 2.69 bits per heavy atom. The highest BCUT2D eigenvalue weighted by atomic mass is 16.5. The van der Waals surface area contributed by atoms with Crippen molar-refractivity contribution in [1.82, 2.24) is 9.78 Å². The largest absolute Gasteiger partial charge is 0.477 e. The minimum atomic E-state index is 0.303. The minimum Gasteiger partial charge on any atom is -0.477 e. The van der Waals surface area contributed by atoms with Crippen molar-refractivity contribution in [2.75, 3.05) is 6.61 Å². The Balaban J connectivity index is 2.93. The van der Waals surface area contributed by atoms with Crippen LogP contribution in [0.15, 0.2) is 0 Å². The van der Waals surface area contributed by atoms with E-state index >= 15 is 0 Å². The molecule has 0 saturated heterocycles. The maximum atomic E-state index is 5.38. The summed E-state index contributed by atoms with van der Waals surface area (Å²) >= 11 is 0. The van der Waals surface area contributed by atoms with E-state index in [0.717, 1.165) is 23.7 Å². The molecule has 1 aromatic heterocycles. The molecule has 1 heterocycles. The van der Waals surface area contributed by atoms with E-state index in [0.29, 0.717) is 6.61 Å². The number of aryl methyl sites for hydroxylation is 2. The van der Waals surface area contributed by atoms with E-state index in [-0.39, 0.29) is 0 Å². The van der Waals surface area contributed by atoms with Gasteiger partial charge in [0.1, 0.15) is 12.3 Å². The molecule has 3 nitrogen and oxygen atoms in total. The Labute approximate surface area is 78.7 Å². The number of terminal acetylenes is 1. The summed E-state index contributed by atoms with van der Waals surface area (Å²) in [7, 11) is 0. The van der Waals surface area contributed by atoms with Crippen LogP contribution in [-0.2, 0) is 6.54 Å². The second-order valence-corrected chi connectivity index (χ2v) is 2.81. The average molecular weight is 178 g/mol. The summed E-state index contributed by atoms with van der Waals surface area (Å²) in [4.78, 5) is 0. The quantitative estimate of drug-likeness (QED) is 0.656. The maximum Gasteiger partial charge on any atom is 0.164 e. The number of hydrogen-bond donors (Lipinski definition) is 0. The van der Waals surface area contributed by atoms with Crippen LogP contribution in [0.2, 0.25) is 0 Å². The lowest BCUT2D eigenvalue weighted by molar-refractivity contribution is 0.364. The molecule has 0 radical (unpaired) electrons. The van der Waals surface area contributed by atoms with Crippen molar-refractivity contribution >= 4 is 0 Å². The van der Waals surface area contributed by atoms with Crippen molar-refractivity contribution in [2.24, 2.45) is 0 Å². The minimum absolute atomic E-state index is 0.303. The molecule has 0 spiro atoms. The Kier molecular flexibility index (Phi) is 2.97. The number of aromatic nitrogens is 2. The lowest BCUT2D eigenvalue weighted by Crippen LogP contribution is -2.00. The van der Waals surface area contributed by atoms with Crippen LogP contribution in [0.4, 0.5) is 0 Å². The molecule has 0 aliphatic heterocycles. The number of nitrogens with zero attached hydrogens (tertiary/aromatic N) is 2. The summed E-state index contributed by atoms with van der Waals surface area (Å²) in [6.07, 6.45) is 5.11. The third-order valence-electron chi connectivity index (χ3n) is 1.91. The predicted molar refractivity (Wildman–Crippen MR) is 51.7 cm³/mol. The number of rotatable bonds is 3. The first-order chi connectivity index (χ1) is 6.20. The van der Waals surface area contributed by atoms with Gasteiger partial charge in [-0.05, 0) is 20.8 Å². The fourth-order valence-electron chi connectivity index (χ4n) is 1.31. The van der Waals surface area contributed by atoms with E-state index in [2.05, 4.69) is 11.0 Å². The highest BCUT2D eigenvalue weighted by Gasteiger charge is 2.10. The van der Waals surface area contributed by atoms with Gasteiger partial charge in [-0.15, -0.1) is 6.42 Å². The molecular weight excluding hydrogens is 164 g/mol. The van der Waals surface area contributed by atoms with Gasteiger partial charge in [-0.3, -0.25) is 4.68 Å². The smallest absolute Gasteiger partial charge is 0.164 e. The average Bonchev–Trinajstić information content (AvgIpc) is 2.39. The molecule has 0 fully saturated rings. The first kappa shape index (κ1) is 9.66. The van der Waals surface area contributed by atoms with Crippen molar-refractivity contribution in [3.8, 4) is 18.1 Å². The molecule has 0 saturated carbocycles. The number of hydrogen-bond acceptors (Lipinski definition) is 2. The van der Waals surface area contributed by atoms with Gasteiger partial charge in [-0.25, -0.2) is 0 Å². The second kappa shape index (κ2) is 3.99. The maximum absolute atomic E-state index is 5.38. The molecule has 0 bridgehead atoms. The van der Waals surface area contributed by atoms with Crippen LogP contribution < -0.4 is 4.74 Å². The fourth-order valence-corrected chi connectivity index (χ4v) is 1.31. The fraction of sp³-hybridized carbons (Fsp3) is 0.500. The van der Waals surface area contributed by atoms with Gasteiger partial charge in [0, 0.05) is 6.54 Å².